The molecule has 6 aromatic carbocycles. The topological polar surface area (TPSA) is 34.8 Å². The van der Waals surface area contributed by atoms with E-state index in [-0.39, 0.29) is 0 Å². The molecular weight excluding hydrogens is 571 g/mol. The fraction of sp³-hybridized carbons (Fsp3) is 0. The van der Waals surface area contributed by atoms with Crippen LogP contribution < -0.4 is 3.96 Å². The number of furan rings is 1. The number of hydrogen-bond acceptors (Lipinski definition) is 3. The van der Waals surface area contributed by atoms with E-state index in [1.807, 2.05) is 30.6 Å². The van der Waals surface area contributed by atoms with Gasteiger partial charge in [0.1, 0.15) is 17.0 Å². The Morgan fingerprint density at radius 3 is 2.07 bits per heavy atom. The average molecular weight is 597 g/mol. The van der Waals surface area contributed by atoms with Crippen molar-refractivity contribution in [1.82, 2.24) is 9.55 Å². The lowest BCUT2D eigenvalue weighted by Crippen LogP contribution is -2.23. The number of para-hydroxylation sites is 2. The second-order valence-corrected chi connectivity index (χ2v) is 12.0. The summed E-state index contributed by atoms with van der Waals surface area (Å²) in [5.74, 6) is 0.888. The SMILES string of the molecule is c1ccc(-c2oc3c(ccc4c3c3ccccc3n4-c3cccc(-c4nc[n+](-c5ccccc5)s4)c3)c2-c2ccccc2)cc1. The van der Waals surface area contributed by atoms with Crippen molar-refractivity contribution < 1.29 is 8.37 Å². The molecule has 0 aliphatic rings. The maximum atomic E-state index is 6.92. The lowest BCUT2D eigenvalue weighted by atomic mass is 9.98. The van der Waals surface area contributed by atoms with Crippen LogP contribution in [0.1, 0.15) is 0 Å². The number of rotatable bonds is 5. The van der Waals surface area contributed by atoms with Crippen LogP contribution >= 0.6 is 11.5 Å². The van der Waals surface area contributed by atoms with E-state index >= 15 is 0 Å². The molecule has 9 rings (SSSR count). The smallest absolute Gasteiger partial charge is 0.304 e. The van der Waals surface area contributed by atoms with Gasteiger partial charge in [-0.05, 0) is 59.1 Å². The van der Waals surface area contributed by atoms with Gasteiger partial charge < -0.3 is 8.98 Å². The van der Waals surface area contributed by atoms with Crippen molar-refractivity contribution in [3.8, 4) is 44.4 Å². The van der Waals surface area contributed by atoms with Crippen LogP contribution in [0.25, 0.3) is 77.2 Å². The molecule has 0 spiro atoms. The van der Waals surface area contributed by atoms with E-state index in [1.165, 1.54) is 0 Å². The molecule has 0 N–H and O–H groups in total. The number of fused-ring (bicyclic) bond motifs is 5. The molecule has 9 aromatic rings. The summed E-state index contributed by atoms with van der Waals surface area (Å²) in [7, 11) is 0. The Kier molecular flexibility index (Phi) is 5.96. The third-order valence-corrected chi connectivity index (χ3v) is 9.43. The van der Waals surface area contributed by atoms with E-state index in [4.69, 9.17) is 9.40 Å². The summed E-state index contributed by atoms with van der Waals surface area (Å²) in [6.45, 7) is 0. The molecule has 0 fully saturated rings. The highest BCUT2D eigenvalue weighted by Crippen LogP contribution is 2.46. The first kappa shape index (κ1) is 25.7. The summed E-state index contributed by atoms with van der Waals surface area (Å²) in [5.41, 5.74) is 9.73. The minimum absolute atomic E-state index is 0.888. The van der Waals surface area contributed by atoms with Gasteiger partial charge in [0.2, 0.25) is 0 Å². The first-order valence-corrected chi connectivity index (χ1v) is 15.7. The summed E-state index contributed by atoms with van der Waals surface area (Å²) in [6.07, 6.45) is 1.89. The van der Waals surface area contributed by atoms with Crippen LogP contribution in [0.4, 0.5) is 0 Å². The van der Waals surface area contributed by atoms with Crippen molar-refractivity contribution >= 4 is 44.3 Å². The van der Waals surface area contributed by atoms with Gasteiger partial charge in [0.15, 0.2) is 0 Å². The lowest BCUT2D eigenvalue weighted by molar-refractivity contribution is -0.522. The molecule has 0 atom stereocenters. The molecule has 0 unspecified atom stereocenters. The third-order valence-electron chi connectivity index (χ3n) is 8.42. The fourth-order valence-corrected chi connectivity index (χ4v) is 7.25. The first-order chi connectivity index (χ1) is 22.3. The Morgan fingerprint density at radius 2 is 1.27 bits per heavy atom. The van der Waals surface area contributed by atoms with Crippen molar-refractivity contribution in [2.45, 2.75) is 0 Å². The summed E-state index contributed by atoms with van der Waals surface area (Å²) < 4.78 is 11.4. The predicted octanol–water partition coefficient (Wildman–Crippen LogP) is 10.3. The molecule has 0 aliphatic carbocycles. The van der Waals surface area contributed by atoms with Gasteiger partial charge >= 0.3 is 6.33 Å². The van der Waals surface area contributed by atoms with Crippen molar-refractivity contribution in [3.63, 3.8) is 0 Å². The maximum Gasteiger partial charge on any atom is 0.304 e. The van der Waals surface area contributed by atoms with E-state index in [2.05, 4.69) is 136 Å². The second kappa shape index (κ2) is 10.4. The molecule has 45 heavy (non-hydrogen) atoms. The highest BCUT2D eigenvalue weighted by Gasteiger charge is 2.23. The van der Waals surface area contributed by atoms with Crippen molar-refractivity contribution in [2.75, 3.05) is 0 Å². The van der Waals surface area contributed by atoms with Crippen molar-refractivity contribution in [1.29, 1.82) is 0 Å². The Labute approximate surface area is 263 Å². The molecule has 0 radical (unpaired) electrons. The first-order valence-electron chi connectivity index (χ1n) is 15.0. The van der Waals surface area contributed by atoms with Crippen LogP contribution in [0.2, 0.25) is 0 Å². The average Bonchev–Trinajstić information content (AvgIpc) is 3.84. The summed E-state index contributed by atoms with van der Waals surface area (Å²) in [5, 5.41) is 4.35. The number of hydrogen-bond donors (Lipinski definition) is 0. The van der Waals surface area contributed by atoms with Crippen LogP contribution in [0.5, 0.6) is 0 Å². The zero-order valence-corrected chi connectivity index (χ0v) is 25.0. The third kappa shape index (κ3) is 4.20. The van der Waals surface area contributed by atoms with Crippen LogP contribution in [-0.2, 0) is 0 Å². The molecule has 0 aliphatic heterocycles. The highest BCUT2D eigenvalue weighted by molar-refractivity contribution is 7.05. The van der Waals surface area contributed by atoms with Gasteiger partial charge in [-0.25, -0.2) is 0 Å². The quantitative estimate of drug-likeness (QED) is 0.185. The minimum atomic E-state index is 0.888. The standard InChI is InChI=1S/C40H26N3OS/c1-4-13-27(14-5-1)36-33-23-24-35-37(39(33)44-38(36)28-15-6-2-7-16-28)32-21-10-11-22-34(32)43(35)31-20-12-17-29(25-31)40-41-26-42(45-40)30-18-8-3-9-19-30/h1-26H/q+1. The van der Waals surface area contributed by atoms with Gasteiger partial charge in [0.25, 0.3) is 5.01 Å². The van der Waals surface area contributed by atoms with Gasteiger partial charge in [-0.2, -0.15) is 0 Å². The van der Waals surface area contributed by atoms with Crippen LogP contribution in [-0.4, -0.2) is 9.55 Å². The summed E-state index contributed by atoms with van der Waals surface area (Å²) in [4.78, 5) is 4.78. The van der Waals surface area contributed by atoms with Crippen LogP contribution in [0, 0.1) is 0 Å². The fourth-order valence-electron chi connectivity index (χ4n) is 6.41. The van der Waals surface area contributed by atoms with Gasteiger partial charge in [-0.1, -0.05) is 103 Å². The molecule has 0 saturated heterocycles. The Bertz CT molecular complexity index is 2470. The van der Waals surface area contributed by atoms with Gasteiger partial charge in [0, 0.05) is 33.2 Å². The molecule has 5 heteroatoms. The molecule has 3 heterocycles. The number of benzene rings is 6. The molecule has 0 saturated carbocycles. The van der Waals surface area contributed by atoms with Gasteiger partial charge in [-0.3, -0.25) is 0 Å². The van der Waals surface area contributed by atoms with Gasteiger partial charge in [0.05, 0.1) is 28.0 Å². The number of nitrogens with zero attached hydrogens (tertiary/aromatic N) is 3. The molecule has 4 nitrogen and oxygen atoms in total. The molecular formula is C40H26N3OS+. The Hall–Kier alpha value is -5.78. The zero-order valence-electron chi connectivity index (χ0n) is 24.2. The second-order valence-electron chi connectivity index (χ2n) is 11.1. The summed E-state index contributed by atoms with van der Waals surface area (Å²) >= 11 is 1.64. The lowest BCUT2D eigenvalue weighted by Gasteiger charge is -2.08. The van der Waals surface area contributed by atoms with Crippen LogP contribution in [0.15, 0.2) is 162 Å². The zero-order chi connectivity index (χ0) is 29.7. The monoisotopic (exact) mass is 596 g/mol. The largest absolute Gasteiger partial charge is 0.455 e. The van der Waals surface area contributed by atoms with E-state index < -0.39 is 0 Å². The van der Waals surface area contributed by atoms with E-state index in [9.17, 15) is 0 Å². The predicted molar refractivity (Wildman–Crippen MR) is 184 cm³/mol. The maximum absolute atomic E-state index is 6.92. The van der Waals surface area contributed by atoms with E-state index in [0.29, 0.717) is 0 Å². The van der Waals surface area contributed by atoms with Crippen LogP contribution in [0.3, 0.4) is 0 Å². The number of aromatic nitrogens is 3. The normalized spacial score (nSPS) is 11.6. The molecule has 0 bridgehead atoms. The minimum Gasteiger partial charge on any atom is -0.455 e. The Morgan fingerprint density at radius 1 is 0.578 bits per heavy atom. The Balaban J connectivity index is 1.28. The van der Waals surface area contributed by atoms with Crippen molar-refractivity contribution in [3.05, 3.63) is 158 Å². The van der Waals surface area contributed by atoms with Gasteiger partial charge in [-0.15, -0.1) is 3.96 Å². The van der Waals surface area contributed by atoms with E-state index in [1.54, 1.807) is 11.5 Å². The molecule has 3 aromatic heterocycles. The molecule has 212 valence electrons. The highest BCUT2D eigenvalue weighted by atomic mass is 32.1. The van der Waals surface area contributed by atoms with Crippen molar-refractivity contribution in [2.24, 2.45) is 0 Å². The molecule has 0 amide bonds. The summed E-state index contributed by atoms with van der Waals surface area (Å²) in [6, 6.07) is 53.0. The van der Waals surface area contributed by atoms with E-state index in [0.717, 1.165) is 77.2 Å².